The first-order valence-corrected chi connectivity index (χ1v) is 30.4. The first-order valence-electron chi connectivity index (χ1n) is 26.6. The van der Waals surface area contributed by atoms with Crippen molar-refractivity contribution >= 4 is 66.3 Å². The highest BCUT2D eigenvalue weighted by Crippen LogP contribution is 2.48. The maximum absolute atomic E-state index is 14.1. The van der Waals surface area contributed by atoms with Crippen molar-refractivity contribution in [3.63, 3.8) is 0 Å². The fourth-order valence-electron chi connectivity index (χ4n) is 11.2. The lowest BCUT2D eigenvalue weighted by atomic mass is 9.67. The summed E-state index contributed by atoms with van der Waals surface area (Å²) < 4.78 is 77.3. The van der Waals surface area contributed by atoms with E-state index in [0.717, 1.165) is 89.6 Å². The number of oxime groups is 3. The number of benzene rings is 2. The van der Waals surface area contributed by atoms with Gasteiger partial charge in [0.2, 0.25) is 20.0 Å². The van der Waals surface area contributed by atoms with Gasteiger partial charge in [0.05, 0.1) is 23.9 Å². The highest BCUT2D eigenvalue weighted by molar-refractivity contribution is 7.92. The number of aliphatic carboxylic acids is 1. The van der Waals surface area contributed by atoms with Gasteiger partial charge in [0.25, 0.3) is 11.8 Å². The number of anilines is 2. The number of amides is 2. The average Bonchev–Trinajstić information content (AvgIpc) is 4.07. The summed E-state index contributed by atoms with van der Waals surface area (Å²) in [4.78, 5) is 52.7. The van der Waals surface area contributed by atoms with Crippen LogP contribution in [-0.4, -0.2) is 86.2 Å². The third-order valence-electron chi connectivity index (χ3n) is 16.2. The molecule has 3 aliphatic carbocycles. The Morgan fingerprint density at radius 2 is 0.831 bits per heavy atom. The second-order valence-electron chi connectivity index (χ2n) is 25.4. The Morgan fingerprint density at radius 3 is 1.08 bits per heavy atom. The molecule has 428 valence electrons. The third-order valence-corrected chi connectivity index (χ3v) is 17.4. The Bertz CT molecular complexity index is 2660. The summed E-state index contributed by atoms with van der Waals surface area (Å²) in [6.07, 6.45) is 15.2. The number of nitrogens with zero attached hydrogens (tertiary/aromatic N) is 3. The van der Waals surface area contributed by atoms with Gasteiger partial charge in [-0.15, -0.1) is 0 Å². The summed E-state index contributed by atoms with van der Waals surface area (Å²) >= 11 is 0. The zero-order valence-electron chi connectivity index (χ0n) is 46.7. The molecule has 0 radical (unpaired) electrons. The number of hydrogen-bond donors (Lipinski definition) is 5. The summed E-state index contributed by atoms with van der Waals surface area (Å²) in [5, 5.41) is 26.2. The highest BCUT2D eigenvalue weighted by Gasteiger charge is 2.48. The molecule has 3 saturated carbocycles. The van der Waals surface area contributed by atoms with Crippen LogP contribution in [0.4, 0.5) is 20.2 Å². The van der Waals surface area contributed by atoms with Crippen molar-refractivity contribution in [2.24, 2.45) is 49.5 Å². The molecule has 77 heavy (non-hydrogen) atoms. The Balaban J connectivity index is 0.000000195. The van der Waals surface area contributed by atoms with Crippen LogP contribution in [0.15, 0.2) is 51.9 Å². The first kappa shape index (κ1) is 60.8. The van der Waals surface area contributed by atoms with E-state index in [1.807, 2.05) is 0 Å². The average molecular weight is 1120 g/mol. The fourth-order valence-corrected chi connectivity index (χ4v) is 12.4. The molecule has 18 nitrogen and oxygen atoms in total. The van der Waals surface area contributed by atoms with Gasteiger partial charge in [-0.25, -0.2) is 30.4 Å². The van der Waals surface area contributed by atoms with E-state index in [2.05, 4.69) is 97.9 Å². The van der Waals surface area contributed by atoms with Crippen LogP contribution in [0.5, 0.6) is 0 Å². The zero-order chi connectivity index (χ0) is 57.0. The number of carbonyl (C=O) groups excluding carboxylic acids is 2. The third kappa shape index (κ3) is 17.1. The first-order chi connectivity index (χ1) is 35.6. The Morgan fingerprint density at radius 1 is 0.545 bits per heavy atom. The second kappa shape index (κ2) is 23.5. The molecule has 3 heterocycles. The smallest absolute Gasteiger partial charge is 0.353 e. The van der Waals surface area contributed by atoms with E-state index in [1.165, 1.54) is 24.3 Å². The van der Waals surface area contributed by atoms with E-state index in [4.69, 9.17) is 19.6 Å². The predicted molar refractivity (Wildman–Crippen MR) is 293 cm³/mol. The minimum absolute atomic E-state index is 0.104. The van der Waals surface area contributed by atoms with Crippen molar-refractivity contribution in [2.75, 3.05) is 22.0 Å². The van der Waals surface area contributed by atoms with Gasteiger partial charge in [-0.2, -0.15) is 0 Å². The van der Waals surface area contributed by atoms with Gasteiger partial charge >= 0.3 is 5.97 Å². The number of halogens is 2. The van der Waals surface area contributed by atoms with Crippen molar-refractivity contribution in [3.05, 3.63) is 59.2 Å². The van der Waals surface area contributed by atoms with Crippen LogP contribution in [-0.2, 0) is 62.0 Å². The van der Waals surface area contributed by atoms with E-state index >= 15 is 0 Å². The summed E-state index contributed by atoms with van der Waals surface area (Å²) in [6, 6.07) is 8.15. The van der Waals surface area contributed by atoms with Crippen LogP contribution < -0.4 is 20.1 Å². The van der Waals surface area contributed by atoms with E-state index in [9.17, 15) is 40.0 Å². The van der Waals surface area contributed by atoms with Crippen LogP contribution in [0.1, 0.15) is 170 Å². The quantitative estimate of drug-likeness (QED) is 0.142. The van der Waals surface area contributed by atoms with Gasteiger partial charge in [0.1, 0.15) is 39.9 Å². The Labute approximate surface area is 453 Å². The van der Waals surface area contributed by atoms with Crippen molar-refractivity contribution < 1.29 is 59.6 Å². The molecular formula is C55H81F2N7O11S2. The lowest BCUT2D eigenvalue weighted by Gasteiger charge is -2.40. The summed E-state index contributed by atoms with van der Waals surface area (Å²) in [6.45, 7) is 20.6. The van der Waals surface area contributed by atoms with Crippen LogP contribution in [0, 0.1) is 45.6 Å². The molecule has 2 aromatic rings. The van der Waals surface area contributed by atoms with E-state index in [1.54, 1.807) is 12.1 Å². The molecule has 6 aliphatic rings. The highest BCUT2D eigenvalue weighted by atomic mass is 32.2. The molecule has 8 rings (SSSR count). The zero-order valence-corrected chi connectivity index (χ0v) is 48.3. The van der Waals surface area contributed by atoms with Gasteiger partial charge in [-0.1, -0.05) is 89.9 Å². The fraction of sp³-hybridized carbons (Fsp3) is 0.673. The van der Waals surface area contributed by atoms with Gasteiger partial charge < -0.3 is 30.3 Å². The monoisotopic (exact) mass is 1120 g/mol. The largest absolute Gasteiger partial charge is 0.477 e. The number of rotatable bonds is 11. The van der Waals surface area contributed by atoms with E-state index in [-0.39, 0.29) is 69.6 Å². The molecular weight excluding hydrogens is 1040 g/mol. The topological polar surface area (TPSA) is 253 Å². The van der Waals surface area contributed by atoms with Crippen LogP contribution in [0.25, 0.3) is 0 Å². The number of carbonyl (C=O) groups is 3. The lowest BCUT2D eigenvalue weighted by Crippen LogP contribution is -2.39. The molecule has 22 heteroatoms. The maximum atomic E-state index is 14.1. The van der Waals surface area contributed by atoms with Crippen LogP contribution in [0.2, 0.25) is 0 Å². The Hall–Kier alpha value is -5.38. The van der Waals surface area contributed by atoms with E-state index in [0.29, 0.717) is 65.0 Å². The van der Waals surface area contributed by atoms with E-state index < -0.39 is 37.7 Å². The molecule has 3 fully saturated rings. The van der Waals surface area contributed by atoms with Crippen molar-refractivity contribution in [1.82, 2.24) is 10.6 Å². The number of carboxylic acids is 1. The molecule has 0 bridgehead atoms. The standard InChI is InChI=1S/2C21H30FN3O4S.C13H21NO3/c2*1-20(2,3)15-7-9-21(10-8-15)12-18(24-29-21)19(26)23-13-14-5-6-17(16(22)11-14)25-30(4,27)28;1-12(2,3)9-4-6-13(7-5-9)8-10(11(15)16)14-17-13/h2*5-6,11,15,25H,7-10,12-13H2,1-4H3,(H,23,26);9H,4-8H2,1-3H3,(H,15,16). The second-order valence-corrected chi connectivity index (χ2v) is 28.9. The number of hydrogen-bond acceptors (Lipinski definition) is 13. The number of nitrogens with one attached hydrogen (secondary N) is 4. The van der Waals surface area contributed by atoms with Gasteiger partial charge in [-0.05, 0) is 146 Å². The van der Waals surface area contributed by atoms with Crippen molar-refractivity contribution in [1.29, 1.82) is 0 Å². The van der Waals surface area contributed by atoms with Gasteiger partial charge in [-0.3, -0.25) is 19.0 Å². The molecule has 5 N–H and O–H groups in total. The summed E-state index contributed by atoms with van der Waals surface area (Å²) in [7, 11) is -7.13. The minimum atomic E-state index is -3.56. The molecule has 0 aromatic heterocycles. The molecule has 0 saturated heterocycles. The molecule has 3 spiro atoms. The lowest BCUT2D eigenvalue weighted by molar-refractivity contribution is -0.129. The normalized spacial score (nSPS) is 26.3. The SMILES string of the molecule is CC(C)(C)C1CCC2(CC1)CC(C(=O)NCc1ccc(NS(C)(=O)=O)c(F)c1)=NO2.CC(C)(C)C1CCC2(CC1)CC(C(=O)NCc1ccc(NS(C)(=O)=O)c(F)c1)=NO2.CC(C)(C)C1CCC2(CC1)CC(C(=O)O)=NO2. The predicted octanol–water partition coefficient (Wildman–Crippen LogP) is 9.95. The molecule has 2 amide bonds. The minimum Gasteiger partial charge on any atom is -0.477 e. The summed E-state index contributed by atoms with van der Waals surface area (Å²) in [5.74, 6) is -1.04. The van der Waals surface area contributed by atoms with Gasteiger partial charge in [0, 0.05) is 32.4 Å². The summed E-state index contributed by atoms with van der Waals surface area (Å²) in [5.41, 5.74) is 1.47. The van der Waals surface area contributed by atoms with Crippen molar-refractivity contribution in [3.8, 4) is 0 Å². The number of carboxylic acid groups (broad SMARTS) is 1. The van der Waals surface area contributed by atoms with Crippen LogP contribution in [0.3, 0.4) is 0 Å². The number of sulfonamides is 2. The Kier molecular flexibility index (Phi) is 18.6. The van der Waals surface area contributed by atoms with Gasteiger partial charge in [0.15, 0.2) is 5.71 Å². The molecule has 2 aromatic carbocycles. The van der Waals surface area contributed by atoms with Crippen molar-refractivity contribution in [2.45, 2.75) is 189 Å². The maximum Gasteiger partial charge on any atom is 0.353 e. The molecule has 3 aliphatic heterocycles. The van der Waals surface area contributed by atoms with Crippen LogP contribution >= 0.6 is 0 Å². The molecule has 0 atom stereocenters. The molecule has 0 unspecified atom stereocenters.